The van der Waals surface area contributed by atoms with Crippen LogP contribution in [0.5, 0.6) is 0 Å². The number of hydrogen-bond donors (Lipinski definition) is 1. The molecule has 1 atom stereocenters. The standard InChI is InChI=1S/C20H20FN3O6/c21-11-15-6-7-16(17(10-15)24(28)29)23-9-8-22(12-18(23)19(25)26)20(27)30-13-14-4-2-1-3-5-14/h1-7,10,18H,8-9,11-13H2,(H,25,26). The smallest absolute Gasteiger partial charge is 0.410 e. The average molecular weight is 417 g/mol. The molecule has 3 rings (SSSR count). The largest absolute Gasteiger partial charge is 0.480 e. The number of carboxylic acids is 1. The van der Waals surface area contributed by atoms with Crippen LogP contribution >= 0.6 is 0 Å². The first kappa shape index (κ1) is 21.0. The Labute approximate surface area is 171 Å². The van der Waals surface area contributed by atoms with E-state index in [1.54, 1.807) is 12.1 Å². The number of alkyl halides is 1. The van der Waals surface area contributed by atoms with Gasteiger partial charge in [-0.2, -0.15) is 0 Å². The van der Waals surface area contributed by atoms with E-state index >= 15 is 0 Å². The number of rotatable bonds is 6. The molecular weight excluding hydrogens is 397 g/mol. The van der Waals surface area contributed by atoms with Gasteiger partial charge in [0.1, 0.15) is 25.0 Å². The van der Waals surface area contributed by atoms with Gasteiger partial charge in [0.2, 0.25) is 0 Å². The molecule has 0 saturated carbocycles. The SMILES string of the molecule is O=C(O)C1CN(C(=O)OCc2ccccc2)CCN1c1ccc(CF)cc1[N+](=O)[O-]. The molecule has 0 aromatic heterocycles. The molecular formula is C20H20FN3O6. The fourth-order valence-corrected chi connectivity index (χ4v) is 3.30. The summed E-state index contributed by atoms with van der Waals surface area (Å²) in [6.45, 7) is -0.851. The zero-order valence-corrected chi connectivity index (χ0v) is 15.9. The second kappa shape index (κ2) is 9.21. The van der Waals surface area contributed by atoms with Crippen molar-refractivity contribution in [3.8, 4) is 0 Å². The van der Waals surface area contributed by atoms with Crippen LogP contribution in [0.3, 0.4) is 0 Å². The lowest BCUT2D eigenvalue weighted by Crippen LogP contribution is -2.58. The van der Waals surface area contributed by atoms with Crippen LogP contribution in [0, 0.1) is 10.1 Å². The van der Waals surface area contributed by atoms with E-state index in [1.165, 1.54) is 21.9 Å². The van der Waals surface area contributed by atoms with Crippen molar-refractivity contribution in [3.05, 3.63) is 69.8 Å². The highest BCUT2D eigenvalue weighted by atomic mass is 19.1. The number of nitro groups is 1. The number of anilines is 1. The minimum Gasteiger partial charge on any atom is -0.480 e. The quantitative estimate of drug-likeness (QED) is 0.568. The Balaban J connectivity index is 1.75. The summed E-state index contributed by atoms with van der Waals surface area (Å²) in [6, 6.07) is 11.6. The van der Waals surface area contributed by atoms with E-state index in [0.29, 0.717) is 0 Å². The summed E-state index contributed by atoms with van der Waals surface area (Å²) in [5.74, 6) is -1.24. The Hall–Kier alpha value is -3.69. The Morgan fingerprint density at radius 2 is 1.90 bits per heavy atom. The molecule has 1 saturated heterocycles. The van der Waals surface area contributed by atoms with Crippen LogP contribution in [-0.2, 0) is 22.8 Å². The van der Waals surface area contributed by atoms with Gasteiger partial charge in [0.15, 0.2) is 0 Å². The molecule has 0 spiro atoms. The van der Waals surface area contributed by atoms with Gasteiger partial charge in [0.05, 0.1) is 11.5 Å². The number of halogens is 1. The van der Waals surface area contributed by atoms with Gasteiger partial charge in [0.25, 0.3) is 5.69 Å². The fraction of sp³-hybridized carbons (Fsp3) is 0.300. The van der Waals surface area contributed by atoms with E-state index in [2.05, 4.69) is 0 Å². The van der Waals surface area contributed by atoms with E-state index in [4.69, 9.17) is 4.74 Å². The van der Waals surface area contributed by atoms with Gasteiger partial charge in [0, 0.05) is 19.2 Å². The summed E-state index contributed by atoms with van der Waals surface area (Å²) < 4.78 is 18.1. The normalized spacial score (nSPS) is 16.2. The summed E-state index contributed by atoms with van der Waals surface area (Å²) in [6.07, 6.45) is -0.660. The maximum absolute atomic E-state index is 12.9. The minimum atomic E-state index is -1.24. The molecule has 30 heavy (non-hydrogen) atoms. The zero-order chi connectivity index (χ0) is 21.7. The summed E-state index contributed by atoms with van der Waals surface area (Å²) >= 11 is 0. The summed E-state index contributed by atoms with van der Waals surface area (Å²) in [4.78, 5) is 37.6. The van der Waals surface area contributed by atoms with Crippen molar-refractivity contribution >= 4 is 23.4 Å². The molecule has 158 valence electrons. The average Bonchev–Trinajstić information content (AvgIpc) is 2.77. The van der Waals surface area contributed by atoms with Gasteiger partial charge >= 0.3 is 12.1 Å². The van der Waals surface area contributed by atoms with Crippen molar-refractivity contribution in [2.24, 2.45) is 0 Å². The Bertz CT molecular complexity index is 939. The monoisotopic (exact) mass is 417 g/mol. The molecule has 0 radical (unpaired) electrons. The fourth-order valence-electron chi connectivity index (χ4n) is 3.30. The zero-order valence-electron chi connectivity index (χ0n) is 15.9. The molecule has 1 amide bonds. The highest BCUT2D eigenvalue weighted by Gasteiger charge is 2.37. The van der Waals surface area contributed by atoms with Crippen LogP contribution in [-0.4, -0.2) is 52.7 Å². The van der Waals surface area contributed by atoms with Gasteiger partial charge in [-0.25, -0.2) is 14.0 Å². The number of amides is 1. The third-order valence-corrected chi connectivity index (χ3v) is 4.83. The molecule has 1 heterocycles. The van der Waals surface area contributed by atoms with Gasteiger partial charge in [-0.05, 0) is 17.2 Å². The second-order valence-corrected chi connectivity index (χ2v) is 6.75. The lowest BCUT2D eigenvalue weighted by Gasteiger charge is -2.39. The lowest BCUT2D eigenvalue weighted by atomic mass is 10.1. The number of carbonyl (C=O) groups is 2. The van der Waals surface area contributed by atoms with Crippen molar-refractivity contribution in [1.82, 2.24) is 4.90 Å². The van der Waals surface area contributed by atoms with Crippen molar-refractivity contribution in [2.45, 2.75) is 19.3 Å². The molecule has 0 aliphatic carbocycles. The summed E-state index contributed by atoms with van der Waals surface area (Å²) in [5.41, 5.74) is 0.613. The van der Waals surface area contributed by atoms with Crippen molar-refractivity contribution in [1.29, 1.82) is 0 Å². The van der Waals surface area contributed by atoms with E-state index in [9.17, 15) is 29.2 Å². The molecule has 1 fully saturated rings. The Morgan fingerprint density at radius 3 is 2.53 bits per heavy atom. The molecule has 1 aliphatic rings. The lowest BCUT2D eigenvalue weighted by molar-refractivity contribution is -0.384. The predicted molar refractivity (Wildman–Crippen MR) is 105 cm³/mol. The Kier molecular flexibility index (Phi) is 6.45. The highest BCUT2D eigenvalue weighted by molar-refractivity contribution is 5.82. The van der Waals surface area contributed by atoms with Crippen LogP contribution in [0.1, 0.15) is 11.1 Å². The number of carboxylic acid groups (broad SMARTS) is 1. The van der Waals surface area contributed by atoms with E-state index in [1.807, 2.05) is 18.2 Å². The van der Waals surface area contributed by atoms with Crippen LogP contribution < -0.4 is 4.90 Å². The first-order valence-corrected chi connectivity index (χ1v) is 9.19. The van der Waals surface area contributed by atoms with Crippen molar-refractivity contribution < 1.29 is 28.7 Å². The number of ether oxygens (including phenoxy) is 1. The molecule has 1 N–H and O–H groups in total. The number of carbonyl (C=O) groups excluding carboxylic acids is 1. The molecule has 0 bridgehead atoms. The van der Waals surface area contributed by atoms with Crippen molar-refractivity contribution in [3.63, 3.8) is 0 Å². The van der Waals surface area contributed by atoms with Crippen LogP contribution in [0.25, 0.3) is 0 Å². The van der Waals surface area contributed by atoms with Crippen molar-refractivity contribution in [2.75, 3.05) is 24.5 Å². The molecule has 2 aromatic carbocycles. The third-order valence-electron chi connectivity index (χ3n) is 4.83. The minimum absolute atomic E-state index is 0.0488. The second-order valence-electron chi connectivity index (χ2n) is 6.75. The number of nitro benzene ring substituents is 1. The first-order chi connectivity index (χ1) is 14.4. The number of nitrogens with zero attached hydrogens (tertiary/aromatic N) is 3. The van der Waals surface area contributed by atoms with E-state index in [0.717, 1.165) is 11.6 Å². The molecule has 10 heteroatoms. The highest BCUT2D eigenvalue weighted by Crippen LogP contribution is 2.32. The molecule has 1 unspecified atom stereocenters. The topological polar surface area (TPSA) is 113 Å². The van der Waals surface area contributed by atoms with Gasteiger partial charge in [-0.1, -0.05) is 36.4 Å². The summed E-state index contributed by atoms with van der Waals surface area (Å²) in [5, 5.41) is 21.1. The van der Waals surface area contributed by atoms with E-state index in [-0.39, 0.29) is 43.2 Å². The Morgan fingerprint density at radius 1 is 1.17 bits per heavy atom. The van der Waals surface area contributed by atoms with Gasteiger partial charge < -0.3 is 19.6 Å². The van der Waals surface area contributed by atoms with Gasteiger partial charge in [-0.15, -0.1) is 0 Å². The molecule has 9 nitrogen and oxygen atoms in total. The number of aliphatic carboxylic acids is 1. The van der Waals surface area contributed by atoms with Crippen LogP contribution in [0.15, 0.2) is 48.5 Å². The molecule has 1 aliphatic heterocycles. The summed E-state index contributed by atoms with van der Waals surface area (Å²) in [7, 11) is 0. The molecule has 2 aromatic rings. The number of hydrogen-bond acceptors (Lipinski definition) is 6. The maximum Gasteiger partial charge on any atom is 0.410 e. The maximum atomic E-state index is 12.9. The van der Waals surface area contributed by atoms with E-state index < -0.39 is 29.7 Å². The number of benzene rings is 2. The first-order valence-electron chi connectivity index (χ1n) is 9.19. The number of piperazine rings is 1. The predicted octanol–water partition coefficient (Wildman–Crippen LogP) is 2.98. The third kappa shape index (κ3) is 4.65. The van der Waals surface area contributed by atoms with Crippen LogP contribution in [0.4, 0.5) is 20.6 Å². The van der Waals surface area contributed by atoms with Gasteiger partial charge in [-0.3, -0.25) is 10.1 Å². The van der Waals surface area contributed by atoms with Crippen LogP contribution in [0.2, 0.25) is 0 Å².